The van der Waals surface area contributed by atoms with Crippen molar-refractivity contribution < 1.29 is 4.92 Å². The standard InChI is InChI=1S/C15H14N4O2/c1-10-4-3-7-18-13(9-16)14(17-15(10)18)11-5-2-6-12(8-11)19(20)21/h2-8H,9,16H2,1H3. The summed E-state index contributed by atoms with van der Waals surface area (Å²) in [6.07, 6.45) is 1.90. The predicted octanol–water partition coefficient (Wildman–Crippen LogP) is 2.68. The third-order valence-electron chi connectivity index (χ3n) is 3.47. The van der Waals surface area contributed by atoms with E-state index in [2.05, 4.69) is 4.98 Å². The van der Waals surface area contributed by atoms with Gasteiger partial charge >= 0.3 is 0 Å². The molecule has 0 unspecified atom stereocenters. The van der Waals surface area contributed by atoms with Gasteiger partial charge in [0.1, 0.15) is 5.65 Å². The first-order valence-electron chi connectivity index (χ1n) is 6.53. The number of fused-ring (bicyclic) bond motifs is 1. The molecule has 0 fully saturated rings. The molecule has 6 nitrogen and oxygen atoms in total. The summed E-state index contributed by atoms with van der Waals surface area (Å²) in [5.74, 6) is 0. The second kappa shape index (κ2) is 4.99. The maximum Gasteiger partial charge on any atom is 0.270 e. The topological polar surface area (TPSA) is 86.5 Å². The van der Waals surface area contributed by atoms with E-state index in [1.807, 2.05) is 35.7 Å². The van der Waals surface area contributed by atoms with Crippen LogP contribution >= 0.6 is 0 Å². The number of rotatable bonds is 3. The van der Waals surface area contributed by atoms with Gasteiger partial charge in [-0.2, -0.15) is 0 Å². The number of nitro benzene ring substituents is 1. The van der Waals surface area contributed by atoms with Crippen molar-refractivity contribution in [3.63, 3.8) is 0 Å². The summed E-state index contributed by atoms with van der Waals surface area (Å²) in [5.41, 5.74) is 9.98. The summed E-state index contributed by atoms with van der Waals surface area (Å²) in [7, 11) is 0. The molecule has 0 amide bonds. The van der Waals surface area contributed by atoms with Crippen LogP contribution < -0.4 is 5.73 Å². The molecule has 6 heteroatoms. The second-order valence-corrected chi connectivity index (χ2v) is 4.80. The Morgan fingerprint density at radius 2 is 2.14 bits per heavy atom. The molecule has 0 spiro atoms. The molecule has 0 bridgehead atoms. The van der Waals surface area contributed by atoms with E-state index < -0.39 is 4.92 Å². The van der Waals surface area contributed by atoms with E-state index in [-0.39, 0.29) is 5.69 Å². The summed E-state index contributed by atoms with van der Waals surface area (Å²) in [6.45, 7) is 2.28. The van der Waals surface area contributed by atoms with E-state index in [4.69, 9.17) is 5.73 Å². The Balaban J connectivity index is 2.27. The molecule has 2 heterocycles. The van der Waals surface area contributed by atoms with Crippen molar-refractivity contribution >= 4 is 11.3 Å². The normalized spacial score (nSPS) is 11.0. The molecule has 0 aliphatic rings. The van der Waals surface area contributed by atoms with Crippen molar-refractivity contribution in [3.05, 3.63) is 64.0 Å². The first-order valence-corrected chi connectivity index (χ1v) is 6.53. The van der Waals surface area contributed by atoms with Crippen LogP contribution in [0.15, 0.2) is 42.6 Å². The highest BCUT2D eigenvalue weighted by Gasteiger charge is 2.16. The van der Waals surface area contributed by atoms with Crippen molar-refractivity contribution in [1.29, 1.82) is 0 Å². The zero-order chi connectivity index (χ0) is 15.0. The molecule has 2 N–H and O–H groups in total. The van der Waals surface area contributed by atoms with Crippen LogP contribution in [0.4, 0.5) is 5.69 Å². The molecule has 0 saturated heterocycles. The van der Waals surface area contributed by atoms with Crippen LogP contribution in [0.5, 0.6) is 0 Å². The largest absolute Gasteiger partial charge is 0.325 e. The molecule has 3 rings (SSSR count). The lowest BCUT2D eigenvalue weighted by atomic mass is 10.1. The van der Waals surface area contributed by atoms with Crippen LogP contribution in [0.2, 0.25) is 0 Å². The number of hydrogen-bond acceptors (Lipinski definition) is 4. The molecule has 0 aliphatic heterocycles. The molecule has 3 aromatic rings. The molecule has 1 aromatic carbocycles. The minimum atomic E-state index is -0.410. The summed E-state index contributed by atoms with van der Waals surface area (Å²) >= 11 is 0. The first kappa shape index (κ1) is 13.3. The summed E-state index contributed by atoms with van der Waals surface area (Å²) in [5, 5.41) is 10.9. The summed E-state index contributed by atoms with van der Waals surface area (Å²) < 4.78 is 1.93. The quantitative estimate of drug-likeness (QED) is 0.591. The first-order chi connectivity index (χ1) is 10.1. The molecule has 0 atom stereocenters. The van der Waals surface area contributed by atoms with E-state index in [9.17, 15) is 10.1 Å². The fourth-order valence-electron chi connectivity index (χ4n) is 2.45. The average Bonchev–Trinajstić information content (AvgIpc) is 2.87. The molecule has 0 aliphatic carbocycles. The van der Waals surface area contributed by atoms with Gasteiger partial charge in [-0.15, -0.1) is 0 Å². The monoisotopic (exact) mass is 282 g/mol. The van der Waals surface area contributed by atoms with Gasteiger partial charge < -0.3 is 10.1 Å². The van der Waals surface area contributed by atoms with Crippen molar-refractivity contribution in [2.24, 2.45) is 5.73 Å². The van der Waals surface area contributed by atoms with Gasteiger partial charge in [-0.25, -0.2) is 4.98 Å². The summed E-state index contributed by atoms with van der Waals surface area (Å²) in [6, 6.07) is 10.4. The Morgan fingerprint density at radius 3 is 2.86 bits per heavy atom. The zero-order valence-corrected chi connectivity index (χ0v) is 11.5. The number of nitrogens with two attached hydrogens (primary N) is 1. The lowest BCUT2D eigenvalue weighted by molar-refractivity contribution is -0.384. The minimum Gasteiger partial charge on any atom is -0.325 e. The number of nitro groups is 1. The van der Waals surface area contributed by atoms with Crippen LogP contribution in [-0.2, 0) is 6.54 Å². The van der Waals surface area contributed by atoms with Gasteiger partial charge in [0.25, 0.3) is 5.69 Å². The fraction of sp³-hybridized carbons (Fsp3) is 0.133. The van der Waals surface area contributed by atoms with Gasteiger partial charge in [-0.05, 0) is 18.6 Å². The van der Waals surface area contributed by atoms with E-state index in [0.29, 0.717) is 17.8 Å². The van der Waals surface area contributed by atoms with Crippen molar-refractivity contribution in [2.75, 3.05) is 0 Å². The second-order valence-electron chi connectivity index (χ2n) is 4.80. The molecular weight excluding hydrogens is 268 g/mol. The molecule has 0 saturated carbocycles. The maximum atomic E-state index is 10.9. The van der Waals surface area contributed by atoms with Crippen LogP contribution in [-0.4, -0.2) is 14.3 Å². The third kappa shape index (κ3) is 2.15. The number of pyridine rings is 1. The van der Waals surface area contributed by atoms with E-state index in [0.717, 1.165) is 16.9 Å². The Labute approximate surface area is 121 Å². The van der Waals surface area contributed by atoms with Crippen molar-refractivity contribution in [3.8, 4) is 11.3 Å². The number of imidazole rings is 1. The van der Waals surface area contributed by atoms with E-state index in [1.165, 1.54) is 12.1 Å². The number of hydrogen-bond donors (Lipinski definition) is 1. The molecular formula is C15H14N4O2. The van der Waals surface area contributed by atoms with Crippen molar-refractivity contribution in [1.82, 2.24) is 9.38 Å². The van der Waals surface area contributed by atoms with Gasteiger partial charge in [0, 0.05) is 30.4 Å². The number of aryl methyl sites for hydroxylation is 1. The van der Waals surface area contributed by atoms with Crippen LogP contribution in [0.25, 0.3) is 16.9 Å². The van der Waals surface area contributed by atoms with Crippen LogP contribution in [0.1, 0.15) is 11.3 Å². The number of benzene rings is 1. The highest BCUT2D eigenvalue weighted by Crippen LogP contribution is 2.28. The lowest BCUT2D eigenvalue weighted by Gasteiger charge is -2.02. The van der Waals surface area contributed by atoms with Gasteiger partial charge in [-0.1, -0.05) is 18.2 Å². The van der Waals surface area contributed by atoms with Gasteiger partial charge in [-0.3, -0.25) is 10.1 Å². The fourth-order valence-corrected chi connectivity index (χ4v) is 2.45. The van der Waals surface area contributed by atoms with Crippen LogP contribution in [0, 0.1) is 17.0 Å². The molecule has 106 valence electrons. The highest BCUT2D eigenvalue weighted by molar-refractivity contribution is 5.69. The minimum absolute atomic E-state index is 0.0456. The van der Waals surface area contributed by atoms with Gasteiger partial charge in [0.05, 0.1) is 16.3 Å². The van der Waals surface area contributed by atoms with E-state index in [1.54, 1.807) is 6.07 Å². The summed E-state index contributed by atoms with van der Waals surface area (Å²) in [4.78, 5) is 15.1. The third-order valence-corrected chi connectivity index (χ3v) is 3.47. The molecule has 2 aromatic heterocycles. The SMILES string of the molecule is Cc1cccn2c(CN)c(-c3cccc([N+](=O)[O-])c3)nc12. The Morgan fingerprint density at radius 1 is 1.33 bits per heavy atom. The highest BCUT2D eigenvalue weighted by atomic mass is 16.6. The van der Waals surface area contributed by atoms with E-state index >= 15 is 0 Å². The smallest absolute Gasteiger partial charge is 0.270 e. The Kier molecular flexibility index (Phi) is 3.15. The molecule has 0 radical (unpaired) electrons. The predicted molar refractivity (Wildman–Crippen MR) is 79.9 cm³/mol. The number of nitrogens with zero attached hydrogens (tertiary/aromatic N) is 3. The van der Waals surface area contributed by atoms with Gasteiger partial charge in [0.15, 0.2) is 0 Å². The number of non-ortho nitro benzene ring substituents is 1. The maximum absolute atomic E-state index is 10.9. The van der Waals surface area contributed by atoms with Crippen LogP contribution in [0.3, 0.4) is 0 Å². The molecule has 21 heavy (non-hydrogen) atoms. The zero-order valence-electron chi connectivity index (χ0n) is 11.5. The average molecular weight is 282 g/mol. The Hall–Kier alpha value is -2.73. The van der Waals surface area contributed by atoms with Gasteiger partial charge in [0.2, 0.25) is 0 Å². The number of aromatic nitrogens is 2. The Bertz CT molecular complexity index is 839. The lowest BCUT2D eigenvalue weighted by Crippen LogP contribution is -2.02. The van der Waals surface area contributed by atoms with Crippen molar-refractivity contribution in [2.45, 2.75) is 13.5 Å².